The Balaban J connectivity index is 1.05. The molecule has 0 spiro atoms. The summed E-state index contributed by atoms with van der Waals surface area (Å²) < 4.78 is 36.1. The second-order valence-corrected chi connectivity index (χ2v) is 11.5. The molecule has 0 amide bonds. The highest BCUT2D eigenvalue weighted by Gasteiger charge is 2.15. The first-order valence-electron chi connectivity index (χ1n) is 16.8. The predicted molar refractivity (Wildman–Crippen MR) is 196 cm³/mol. The van der Waals surface area contributed by atoms with Crippen LogP contribution in [-0.2, 0) is 9.47 Å². The van der Waals surface area contributed by atoms with Crippen LogP contribution in [0.1, 0.15) is 0 Å². The van der Waals surface area contributed by atoms with Gasteiger partial charge >= 0.3 is 0 Å². The number of phenolic OH excluding ortho intramolecular Hbond substituents is 2. The van der Waals surface area contributed by atoms with Crippen molar-refractivity contribution in [1.82, 2.24) is 0 Å². The molecule has 6 aromatic carbocycles. The van der Waals surface area contributed by atoms with E-state index < -0.39 is 0 Å². The van der Waals surface area contributed by atoms with Gasteiger partial charge in [0.1, 0.15) is 49.3 Å². The quantitative estimate of drug-likeness (QED) is 0.173. The molecule has 0 saturated carbocycles. The summed E-state index contributed by atoms with van der Waals surface area (Å²) in [6.07, 6.45) is 0. The van der Waals surface area contributed by atoms with Gasteiger partial charge in [0.25, 0.3) is 0 Å². The largest absolute Gasteiger partial charge is 0.507 e. The van der Waals surface area contributed by atoms with Gasteiger partial charge < -0.3 is 38.6 Å². The number of fused-ring (bicyclic) bond motifs is 4. The van der Waals surface area contributed by atoms with Crippen molar-refractivity contribution in [1.29, 1.82) is 0 Å². The van der Waals surface area contributed by atoms with Crippen molar-refractivity contribution in [2.24, 2.45) is 20.5 Å². The lowest BCUT2D eigenvalue weighted by atomic mass is 10.1. The Labute approximate surface area is 299 Å². The first kappa shape index (κ1) is 34.2. The van der Waals surface area contributed by atoms with E-state index in [0.717, 1.165) is 10.8 Å². The van der Waals surface area contributed by atoms with Gasteiger partial charge in [0.2, 0.25) is 0 Å². The Kier molecular flexibility index (Phi) is 11.0. The third-order valence-electron chi connectivity index (χ3n) is 8.12. The molecule has 52 heavy (non-hydrogen) atoms. The highest BCUT2D eigenvalue weighted by Crippen LogP contribution is 2.41. The number of ether oxygens (including phenoxy) is 6. The Morgan fingerprint density at radius 3 is 1.17 bits per heavy atom. The summed E-state index contributed by atoms with van der Waals surface area (Å²) in [6, 6.07) is 32.4. The lowest BCUT2D eigenvalue weighted by Gasteiger charge is -2.17. The summed E-state index contributed by atoms with van der Waals surface area (Å²) in [5.41, 5.74) is 2.15. The van der Waals surface area contributed by atoms with Gasteiger partial charge in [-0.15, -0.1) is 20.5 Å². The van der Waals surface area contributed by atoms with E-state index >= 15 is 0 Å². The van der Waals surface area contributed by atoms with E-state index in [1.165, 1.54) is 0 Å². The number of phenols is 2. The molecule has 264 valence electrons. The third kappa shape index (κ3) is 8.04. The highest BCUT2D eigenvalue weighted by molar-refractivity contribution is 5.97. The zero-order chi connectivity index (χ0) is 35.5. The molecule has 0 atom stereocenters. The first-order valence-corrected chi connectivity index (χ1v) is 16.8. The maximum absolute atomic E-state index is 10.3. The number of aromatic hydroxyl groups is 2. The van der Waals surface area contributed by atoms with Crippen LogP contribution in [0.3, 0.4) is 0 Å². The van der Waals surface area contributed by atoms with Crippen molar-refractivity contribution >= 4 is 44.3 Å². The average Bonchev–Trinajstić information content (AvgIpc) is 3.17. The molecule has 0 bridgehead atoms. The number of hydrogen-bond acceptors (Lipinski definition) is 12. The van der Waals surface area contributed by atoms with E-state index in [2.05, 4.69) is 20.5 Å². The van der Waals surface area contributed by atoms with Crippen LogP contribution < -0.4 is 18.9 Å². The normalized spacial score (nSPS) is 14.8. The van der Waals surface area contributed by atoms with Crippen LogP contribution in [0.15, 0.2) is 130 Å². The summed E-state index contributed by atoms with van der Waals surface area (Å²) in [4.78, 5) is 0. The Bertz CT molecular complexity index is 2070. The monoisotopic (exact) mass is 700 g/mol. The van der Waals surface area contributed by atoms with Crippen molar-refractivity contribution < 1.29 is 38.6 Å². The third-order valence-corrected chi connectivity index (χ3v) is 8.12. The maximum atomic E-state index is 10.3. The Morgan fingerprint density at radius 2 is 0.731 bits per heavy atom. The van der Waals surface area contributed by atoms with Crippen LogP contribution >= 0.6 is 0 Å². The van der Waals surface area contributed by atoms with Crippen LogP contribution in [0.4, 0.5) is 22.7 Å². The number of azo groups is 2. The fourth-order valence-corrected chi connectivity index (χ4v) is 5.64. The molecular weight excluding hydrogens is 664 g/mol. The van der Waals surface area contributed by atoms with Gasteiger partial charge in [0, 0.05) is 21.5 Å². The predicted octanol–water partition coefficient (Wildman–Crippen LogP) is 9.50. The van der Waals surface area contributed by atoms with E-state index in [0.29, 0.717) is 69.7 Å². The van der Waals surface area contributed by atoms with Gasteiger partial charge in [-0.1, -0.05) is 60.7 Å². The second kappa shape index (κ2) is 16.6. The first-order chi connectivity index (χ1) is 25.7. The lowest BCUT2D eigenvalue weighted by molar-refractivity contribution is 0.0642. The van der Waals surface area contributed by atoms with Gasteiger partial charge in [0.05, 0.1) is 37.8 Å². The molecule has 1 aliphatic rings. The number of benzene rings is 6. The molecule has 0 aliphatic carbocycles. The van der Waals surface area contributed by atoms with Crippen molar-refractivity contribution in [3.8, 4) is 34.5 Å². The fourth-order valence-electron chi connectivity index (χ4n) is 5.64. The Morgan fingerprint density at radius 1 is 0.346 bits per heavy atom. The van der Waals surface area contributed by atoms with E-state index in [1.54, 1.807) is 48.5 Å². The molecule has 0 aromatic heterocycles. The van der Waals surface area contributed by atoms with Crippen molar-refractivity contribution in [2.45, 2.75) is 0 Å². The van der Waals surface area contributed by atoms with Crippen LogP contribution in [0.25, 0.3) is 21.5 Å². The molecule has 12 heteroatoms. The minimum Gasteiger partial charge on any atom is -0.507 e. The average molecular weight is 701 g/mol. The zero-order valence-corrected chi connectivity index (χ0v) is 28.2. The van der Waals surface area contributed by atoms with Crippen LogP contribution in [0.5, 0.6) is 34.5 Å². The lowest BCUT2D eigenvalue weighted by Crippen LogP contribution is -2.15. The second-order valence-electron chi connectivity index (χ2n) is 11.5. The molecule has 6 aromatic rings. The van der Waals surface area contributed by atoms with Crippen LogP contribution in [0.2, 0.25) is 0 Å². The Hall–Kier alpha value is -6.24. The van der Waals surface area contributed by atoms with Crippen molar-refractivity contribution in [2.75, 3.05) is 52.9 Å². The number of hydrogen-bond donors (Lipinski definition) is 2. The van der Waals surface area contributed by atoms with Gasteiger partial charge in [-0.3, -0.25) is 0 Å². The van der Waals surface area contributed by atoms with Gasteiger partial charge in [-0.05, 0) is 48.5 Å². The van der Waals surface area contributed by atoms with Crippen molar-refractivity contribution in [3.05, 3.63) is 109 Å². The number of rotatable bonds is 4. The highest BCUT2D eigenvalue weighted by atomic mass is 16.6. The molecule has 0 unspecified atom stereocenters. The zero-order valence-electron chi connectivity index (χ0n) is 28.2. The van der Waals surface area contributed by atoms with Crippen LogP contribution in [0, 0.1) is 0 Å². The van der Waals surface area contributed by atoms with E-state index in [-0.39, 0.29) is 51.1 Å². The van der Waals surface area contributed by atoms with E-state index in [4.69, 9.17) is 28.4 Å². The molecule has 2 N–H and O–H groups in total. The summed E-state index contributed by atoms with van der Waals surface area (Å²) >= 11 is 0. The molecule has 0 radical (unpaired) electrons. The molecule has 7 rings (SSSR count). The molecule has 12 nitrogen and oxygen atoms in total. The van der Waals surface area contributed by atoms with Gasteiger partial charge in [-0.2, -0.15) is 0 Å². The molecule has 0 saturated heterocycles. The van der Waals surface area contributed by atoms with Crippen LogP contribution in [-0.4, -0.2) is 63.1 Å². The molecule has 0 fully saturated rings. The van der Waals surface area contributed by atoms with E-state index in [9.17, 15) is 10.2 Å². The maximum Gasteiger partial charge on any atom is 0.188 e. The smallest absolute Gasteiger partial charge is 0.188 e. The molecular formula is C40H36N4O8. The topological polar surface area (TPSA) is 145 Å². The number of nitrogens with zero attached hydrogens (tertiary/aromatic N) is 4. The van der Waals surface area contributed by atoms with Crippen molar-refractivity contribution in [3.63, 3.8) is 0 Å². The number of para-hydroxylation sites is 2. The fraction of sp³-hybridized carbons (Fsp3) is 0.200. The van der Waals surface area contributed by atoms with Gasteiger partial charge in [0.15, 0.2) is 23.0 Å². The summed E-state index contributed by atoms with van der Waals surface area (Å²) in [5, 5.41) is 41.5. The minimum absolute atomic E-state index is 0.175. The molecule has 1 heterocycles. The molecule has 1 aliphatic heterocycles. The minimum atomic E-state index is 0.175. The summed E-state index contributed by atoms with van der Waals surface area (Å²) in [6.45, 7) is 2.06. The standard InChI is InChI=1S/C40H36N4O8/c45-35-17-15-31(27-7-1-3-9-29(27)35)41-43-33-11-5-13-37-39(33)51-25-21-48-22-26-52-40-34(12-6-14-38(40)50-24-20-47-19-23-49-37)44-42-32-16-18-36(46)30-10-4-2-8-28(30)32/h1-18,45-46H,19-26H2. The summed E-state index contributed by atoms with van der Waals surface area (Å²) in [5.74, 6) is 2.18. The van der Waals surface area contributed by atoms with Gasteiger partial charge in [-0.25, -0.2) is 0 Å². The summed E-state index contributed by atoms with van der Waals surface area (Å²) in [7, 11) is 0. The van der Waals surface area contributed by atoms with E-state index in [1.807, 2.05) is 60.7 Å². The SMILES string of the molecule is Oc1ccc(N=Nc2cccc3c2OCCOCCOc2c(N=Nc4ccc(O)c5ccccc45)cccc2OCCOCCO3)c2ccccc12.